The molecule has 1 aliphatic carbocycles. The maximum atomic E-state index is 4.92. The molecule has 0 spiro atoms. The Morgan fingerprint density at radius 3 is 1.98 bits per heavy atom. The second-order valence-corrected chi connectivity index (χ2v) is 15.4. The summed E-state index contributed by atoms with van der Waals surface area (Å²) in [4.78, 5) is 9.80. The lowest BCUT2D eigenvalue weighted by Crippen LogP contribution is -2.02. The molecule has 9 aromatic rings. The summed E-state index contributed by atoms with van der Waals surface area (Å²) < 4.78 is 7.79. The summed E-state index contributed by atoms with van der Waals surface area (Å²) >= 11 is 5.59. The van der Waals surface area contributed by atoms with Crippen molar-refractivity contribution in [1.82, 2.24) is 9.97 Å². The van der Waals surface area contributed by atoms with Crippen LogP contribution in [0.1, 0.15) is 24.6 Å². The topological polar surface area (TPSA) is 25.8 Å². The minimum absolute atomic E-state index is 0.410. The lowest BCUT2D eigenvalue weighted by Gasteiger charge is -2.20. The minimum atomic E-state index is 0.410. The number of aromatic nitrogens is 2. The summed E-state index contributed by atoms with van der Waals surface area (Å²) in [5.41, 5.74) is 8.50. The zero-order valence-electron chi connectivity index (χ0n) is 25.0. The molecule has 1 atom stereocenters. The number of thiophene rings is 3. The third-order valence-corrected chi connectivity index (χ3v) is 12.9. The maximum Gasteiger partial charge on any atom is 0.116 e. The number of allylic oxidation sites excluding steroid dienone is 4. The molecule has 1 aliphatic rings. The van der Waals surface area contributed by atoms with Crippen LogP contribution in [0.25, 0.3) is 82.9 Å². The molecule has 4 heterocycles. The van der Waals surface area contributed by atoms with E-state index in [1.807, 2.05) is 22.7 Å². The Balaban J connectivity index is 1.11. The number of hydrogen-bond donors (Lipinski definition) is 0. The van der Waals surface area contributed by atoms with Crippen LogP contribution in [0.4, 0.5) is 0 Å². The van der Waals surface area contributed by atoms with Crippen LogP contribution < -0.4 is 0 Å². The average molecular weight is 643 g/mol. The molecule has 46 heavy (non-hydrogen) atoms. The van der Waals surface area contributed by atoms with Gasteiger partial charge in [0, 0.05) is 50.4 Å². The molecule has 0 amide bonds. The molecular weight excluding hydrogens is 617 g/mol. The Morgan fingerprint density at radius 2 is 1.22 bits per heavy atom. The third-order valence-electron chi connectivity index (χ3n) is 9.33. The van der Waals surface area contributed by atoms with E-state index in [-0.39, 0.29) is 0 Å². The van der Waals surface area contributed by atoms with Gasteiger partial charge in [-0.05, 0) is 70.5 Å². The first-order valence-electron chi connectivity index (χ1n) is 15.6. The summed E-state index contributed by atoms with van der Waals surface area (Å²) in [5.74, 6) is 0.410. The normalized spacial score (nSPS) is 15.5. The van der Waals surface area contributed by atoms with Gasteiger partial charge in [0.1, 0.15) is 6.33 Å². The van der Waals surface area contributed by atoms with Crippen LogP contribution in [-0.4, -0.2) is 9.97 Å². The van der Waals surface area contributed by atoms with E-state index >= 15 is 0 Å². The zero-order valence-corrected chi connectivity index (χ0v) is 27.4. The van der Waals surface area contributed by atoms with Crippen LogP contribution in [0.3, 0.4) is 0 Å². The van der Waals surface area contributed by atoms with E-state index in [1.165, 1.54) is 78.3 Å². The average Bonchev–Trinajstić information content (AvgIpc) is 3.79. The first-order chi connectivity index (χ1) is 22.7. The van der Waals surface area contributed by atoms with E-state index in [1.54, 1.807) is 17.7 Å². The first kappa shape index (κ1) is 26.5. The molecule has 0 radical (unpaired) electrons. The fourth-order valence-electron chi connectivity index (χ4n) is 7.27. The van der Waals surface area contributed by atoms with Crippen LogP contribution >= 0.6 is 34.0 Å². The minimum Gasteiger partial charge on any atom is -0.235 e. The van der Waals surface area contributed by atoms with Crippen molar-refractivity contribution in [3.63, 3.8) is 0 Å². The number of hydrogen-bond acceptors (Lipinski definition) is 5. The Labute approximate surface area is 277 Å². The van der Waals surface area contributed by atoms with Gasteiger partial charge < -0.3 is 0 Å². The van der Waals surface area contributed by atoms with Gasteiger partial charge in [-0.2, -0.15) is 0 Å². The van der Waals surface area contributed by atoms with Crippen molar-refractivity contribution in [3.05, 3.63) is 133 Å². The molecule has 1 unspecified atom stereocenters. The molecule has 0 saturated carbocycles. The smallest absolute Gasteiger partial charge is 0.116 e. The second kappa shape index (κ2) is 10.2. The van der Waals surface area contributed by atoms with Crippen molar-refractivity contribution in [2.24, 2.45) is 5.92 Å². The standard InChI is InChI=1S/C41H26N2S3/c1-23-18-25(28-11-7-13-32-30-9-3-5-15-35(30)45-40(28)32)20-26(19-23)37-41-38(43-22-42-37)33-21-24(16-17-36(33)46-41)27-10-6-12-31-29-8-2-4-14-34(29)44-39(27)31/h2-17,19-23H,18H2,1H3. The molecule has 0 saturated heterocycles. The van der Waals surface area contributed by atoms with Crippen LogP contribution in [-0.2, 0) is 0 Å². The SMILES string of the molecule is CC1C=C(c2ncnc3c2sc2ccc(-c4cccc5c4sc4ccccc45)cc23)C=C(c2cccc3c2sc2ccccc23)C1. The lowest BCUT2D eigenvalue weighted by molar-refractivity contribution is 0.752. The second-order valence-electron chi connectivity index (χ2n) is 12.2. The lowest BCUT2D eigenvalue weighted by atomic mass is 9.86. The highest BCUT2D eigenvalue weighted by Crippen LogP contribution is 2.45. The van der Waals surface area contributed by atoms with Gasteiger partial charge in [-0.1, -0.05) is 91.9 Å². The highest BCUT2D eigenvalue weighted by Gasteiger charge is 2.21. The highest BCUT2D eigenvalue weighted by molar-refractivity contribution is 7.27. The molecule has 0 bridgehead atoms. The van der Waals surface area contributed by atoms with Gasteiger partial charge in [0.05, 0.1) is 15.9 Å². The van der Waals surface area contributed by atoms with Crippen molar-refractivity contribution < 1.29 is 0 Å². The van der Waals surface area contributed by atoms with Crippen molar-refractivity contribution in [2.45, 2.75) is 13.3 Å². The van der Waals surface area contributed by atoms with Crippen molar-refractivity contribution in [3.8, 4) is 11.1 Å². The fourth-order valence-corrected chi connectivity index (χ4v) is 10.9. The van der Waals surface area contributed by atoms with Gasteiger partial charge in [0.15, 0.2) is 0 Å². The first-order valence-corrected chi connectivity index (χ1v) is 18.1. The number of benzene rings is 5. The molecule has 4 aromatic heterocycles. The highest BCUT2D eigenvalue weighted by atomic mass is 32.1. The molecule has 218 valence electrons. The molecule has 5 heteroatoms. The van der Waals surface area contributed by atoms with E-state index in [4.69, 9.17) is 9.97 Å². The zero-order chi connectivity index (χ0) is 30.4. The van der Waals surface area contributed by atoms with Gasteiger partial charge in [-0.3, -0.25) is 0 Å². The largest absolute Gasteiger partial charge is 0.235 e. The van der Waals surface area contributed by atoms with Gasteiger partial charge >= 0.3 is 0 Å². The van der Waals surface area contributed by atoms with Gasteiger partial charge in [0.2, 0.25) is 0 Å². The molecule has 10 rings (SSSR count). The molecular formula is C41H26N2S3. The summed E-state index contributed by atoms with van der Waals surface area (Å²) in [6.07, 6.45) is 7.56. The van der Waals surface area contributed by atoms with Crippen molar-refractivity contribution in [2.75, 3.05) is 0 Å². The molecule has 5 aromatic carbocycles. The van der Waals surface area contributed by atoms with E-state index in [0.717, 1.165) is 22.3 Å². The van der Waals surface area contributed by atoms with Gasteiger partial charge in [-0.25, -0.2) is 9.97 Å². The quantitative estimate of drug-likeness (QED) is 0.192. The Kier molecular flexibility index (Phi) is 5.86. The van der Waals surface area contributed by atoms with E-state index in [0.29, 0.717) is 5.92 Å². The molecule has 0 fully saturated rings. The maximum absolute atomic E-state index is 4.92. The monoisotopic (exact) mass is 642 g/mol. The number of fused-ring (bicyclic) bond motifs is 9. The van der Waals surface area contributed by atoms with Crippen LogP contribution in [0, 0.1) is 5.92 Å². The Bertz CT molecular complexity index is 2750. The van der Waals surface area contributed by atoms with E-state index < -0.39 is 0 Å². The summed E-state index contributed by atoms with van der Waals surface area (Å²) in [7, 11) is 0. The van der Waals surface area contributed by atoms with E-state index in [2.05, 4.69) is 122 Å². The predicted octanol–water partition coefficient (Wildman–Crippen LogP) is 12.8. The number of rotatable bonds is 3. The molecule has 2 nitrogen and oxygen atoms in total. The molecule has 0 N–H and O–H groups in total. The summed E-state index contributed by atoms with van der Waals surface area (Å²) in [6, 6.07) is 37.8. The molecule has 0 aliphatic heterocycles. The number of nitrogens with zero attached hydrogens (tertiary/aromatic N) is 2. The Morgan fingerprint density at radius 1 is 0.587 bits per heavy atom. The fraction of sp³-hybridized carbons (Fsp3) is 0.0732. The summed E-state index contributed by atoms with van der Waals surface area (Å²) in [6.45, 7) is 2.32. The Hall–Kier alpha value is -4.68. The summed E-state index contributed by atoms with van der Waals surface area (Å²) in [5, 5.41) is 6.54. The van der Waals surface area contributed by atoms with E-state index in [9.17, 15) is 0 Å². The van der Waals surface area contributed by atoms with Gasteiger partial charge in [0.25, 0.3) is 0 Å². The van der Waals surface area contributed by atoms with Crippen LogP contribution in [0.2, 0.25) is 0 Å². The van der Waals surface area contributed by atoms with Crippen LogP contribution in [0.15, 0.2) is 122 Å². The van der Waals surface area contributed by atoms with Crippen LogP contribution in [0.5, 0.6) is 0 Å². The van der Waals surface area contributed by atoms with Crippen molar-refractivity contribution >= 4 is 106 Å². The van der Waals surface area contributed by atoms with Gasteiger partial charge in [-0.15, -0.1) is 34.0 Å². The predicted molar refractivity (Wildman–Crippen MR) is 202 cm³/mol. The van der Waals surface area contributed by atoms with Crippen molar-refractivity contribution in [1.29, 1.82) is 0 Å². The third kappa shape index (κ3) is 3.99.